The molecule has 3 aromatic rings. The maximum Gasteiger partial charge on any atom is 0.247 e. The zero-order valence-corrected chi connectivity index (χ0v) is 19.0. The topological polar surface area (TPSA) is 60.9 Å². The van der Waals surface area contributed by atoms with Crippen molar-refractivity contribution in [2.45, 2.75) is 26.8 Å². The zero-order chi connectivity index (χ0) is 23.5. The molecule has 0 radical (unpaired) electrons. The van der Waals surface area contributed by atoms with Gasteiger partial charge in [-0.2, -0.15) is 0 Å². The average molecular weight is 442 g/mol. The van der Waals surface area contributed by atoms with Crippen LogP contribution in [0.1, 0.15) is 20.8 Å². The number of anilines is 4. The Morgan fingerprint density at radius 1 is 0.818 bits per heavy atom. The van der Waals surface area contributed by atoms with Crippen LogP contribution in [0.25, 0.3) is 0 Å². The highest BCUT2D eigenvalue weighted by molar-refractivity contribution is 6.21. The minimum Gasteiger partial charge on any atom is -0.308 e. The van der Waals surface area contributed by atoms with Gasteiger partial charge in [-0.25, -0.2) is 0 Å². The molecule has 168 valence electrons. The van der Waals surface area contributed by atoms with Crippen LogP contribution in [-0.4, -0.2) is 30.3 Å². The van der Waals surface area contributed by atoms with Gasteiger partial charge in [0, 0.05) is 17.4 Å². The summed E-state index contributed by atoms with van der Waals surface area (Å²) in [6, 6.07) is 25.8. The normalized spacial score (nSPS) is 15.9. The molecule has 0 aromatic heterocycles. The molecule has 1 aliphatic rings. The molecule has 1 atom stereocenters. The molecule has 0 saturated carbocycles. The van der Waals surface area contributed by atoms with Crippen LogP contribution >= 0.6 is 0 Å². The van der Waals surface area contributed by atoms with E-state index in [0.717, 1.165) is 5.69 Å². The predicted molar refractivity (Wildman–Crippen MR) is 131 cm³/mol. The molecule has 33 heavy (non-hydrogen) atoms. The lowest BCUT2D eigenvalue weighted by Crippen LogP contribution is -2.47. The minimum atomic E-state index is -0.936. The lowest BCUT2D eigenvalue weighted by Gasteiger charge is -2.31. The van der Waals surface area contributed by atoms with Crippen LogP contribution in [0.3, 0.4) is 0 Å². The number of amides is 3. The Labute approximate surface area is 194 Å². The number of benzene rings is 3. The number of fused-ring (bicyclic) bond motifs is 1. The van der Waals surface area contributed by atoms with Crippen LogP contribution in [0, 0.1) is 5.92 Å². The Hall–Kier alpha value is -3.93. The lowest BCUT2D eigenvalue weighted by molar-refractivity contribution is -0.131. The van der Waals surface area contributed by atoms with E-state index in [-0.39, 0.29) is 24.4 Å². The van der Waals surface area contributed by atoms with Crippen molar-refractivity contribution < 1.29 is 14.4 Å². The maximum atomic E-state index is 13.5. The third kappa shape index (κ3) is 4.24. The highest BCUT2D eigenvalue weighted by Gasteiger charge is 2.39. The maximum absolute atomic E-state index is 13.5. The number of carbonyl (C=O) groups excluding carboxylic acids is 3. The van der Waals surface area contributed by atoms with Crippen LogP contribution in [0.2, 0.25) is 0 Å². The van der Waals surface area contributed by atoms with Crippen LogP contribution < -0.4 is 14.7 Å². The number of nitrogens with zero attached hydrogens (tertiary/aromatic N) is 3. The van der Waals surface area contributed by atoms with Gasteiger partial charge in [0.25, 0.3) is 0 Å². The van der Waals surface area contributed by atoms with E-state index in [1.807, 2.05) is 86.6 Å². The van der Waals surface area contributed by atoms with E-state index in [1.54, 1.807) is 28.9 Å². The van der Waals surface area contributed by atoms with Crippen molar-refractivity contribution in [2.75, 3.05) is 21.2 Å². The summed E-state index contributed by atoms with van der Waals surface area (Å²) < 4.78 is 0. The van der Waals surface area contributed by atoms with Crippen LogP contribution in [0.15, 0.2) is 84.9 Å². The van der Waals surface area contributed by atoms with Crippen LogP contribution in [-0.2, 0) is 14.4 Å². The van der Waals surface area contributed by atoms with Gasteiger partial charge in [0.05, 0.1) is 11.4 Å². The number of hydrogen-bond donors (Lipinski definition) is 0. The van der Waals surface area contributed by atoms with Crippen molar-refractivity contribution in [3.63, 3.8) is 0 Å². The summed E-state index contributed by atoms with van der Waals surface area (Å²) >= 11 is 0. The minimum absolute atomic E-state index is 0.0999. The fraction of sp³-hybridized carbons (Fsp3) is 0.222. The second-order valence-corrected chi connectivity index (χ2v) is 8.34. The summed E-state index contributed by atoms with van der Waals surface area (Å²) in [7, 11) is 0. The third-order valence-electron chi connectivity index (χ3n) is 5.77. The molecule has 0 saturated heterocycles. The molecule has 3 amide bonds. The van der Waals surface area contributed by atoms with Crippen molar-refractivity contribution in [1.29, 1.82) is 0 Å². The van der Waals surface area contributed by atoms with Gasteiger partial charge in [-0.3, -0.25) is 19.3 Å². The molecule has 6 heteroatoms. The Morgan fingerprint density at radius 2 is 1.36 bits per heavy atom. The first-order valence-electron chi connectivity index (χ1n) is 11.1. The van der Waals surface area contributed by atoms with Gasteiger partial charge in [0.1, 0.15) is 12.5 Å². The molecule has 3 aromatic carbocycles. The van der Waals surface area contributed by atoms with Gasteiger partial charge in [-0.1, -0.05) is 48.5 Å². The molecule has 6 nitrogen and oxygen atoms in total. The summed E-state index contributed by atoms with van der Waals surface area (Å²) in [5.74, 6) is -1.87. The van der Waals surface area contributed by atoms with Crippen molar-refractivity contribution in [3.05, 3.63) is 84.9 Å². The van der Waals surface area contributed by atoms with Crippen LogP contribution in [0.4, 0.5) is 22.7 Å². The molecule has 1 heterocycles. The van der Waals surface area contributed by atoms with E-state index < -0.39 is 11.8 Å². The average Bonchev–Trinajstić information content (AvgIpc) is 2.90. The monoisotopic (exact) mass is 441 g/mol. The number of rotatable bonds is 5. The van der Waals surface area contributed by atoms with Gasteiger partial charge in [0.15, 0.2) is 0 Å². The van der Waals surface area contributed by atoms with Crippen LogP contribution in [0.5, 0.6) is 0 Å². The van der Waals surface area contributed by atoms with E-state index in [0.29, 0.717) is 17.1 Å². The molecule has 0 aliphatic carbocycles. The molecule has 0 fully saturated rings. The second kappa shape index (κ2) is 9.28. The lowest BCUT2D eigenvalue weighted by atomic mass is 10.1. The molecule has 0 bridgehead atoms. The molecule has 1 unspecified atom stereocenters. The third-order valence-corrected chi connectivity index (χ3v) is 5.77. The molecule has 1 aliphatic heterocycles. The van der Waals surface area contributed by atoms with Crippen molar-refractivity contribution in [2.24, 2.45) is 5.92 Å². The highest BCUT2D eigenvalue weighted by Crippen LogP contribution is 2.39. The quantitative estimate of drug-likeness (QED) is 0.536. The first kappa shape index (κ1) is 22.3. The zero-order valence-electron chi connectivity index (χ0n) is 19.0. The summed E-state index contributed by atoms with van der Waals surface area (Å²) in [6.07, 6.45) is 0. The van der Waals surface area contributed by atoms with Gasteiger partial charge in [0.2, 0.25) is 17.7 Å². The van der Waals surface area contributed by atoms with E-state index in [4.69, 9.17) is 0 Å². The van der Waals surface area contributed by atoms with E-state index in [9.17, 15) is 14.4 Å². The van der Waals surface area contributed by atoms with Crippen molar-refractivity contribution in [1.82, 2.24) is 0 Å². The SMILES string of the molecule is CC1C(=O)N(CC(=O)N(c2ccccc2)C(C)C)c2ccccc2N(c2ccccc2)C1=O. The summed E-state index contributed by atoms with van der Waals surface area (Å²) in [6.45, 7) is 5.31. The molecular formula is C27H27N3O3. The Bertz CT molecular complexity index is 1160. The smallest absolute Gasteiger partial charge is 0.247 e. The molecular weight excluding hydrogens is 414 g/mol. The van der Waals surface area contributed by atoms with E-state index in [1.165, 1.54) is 4.90 Å². The van der Waals surface area contributed by atoms with E-state index >= 15 is 0 Å². The fourth-order valence-corrected chi connectivity index (χ4v) is 4.19. The van der Waals surface area contributed by atoms with Gasteiger partial charge in [-0.05, 0) is 57.2 Å². The molecule has 0 spiro atoms. The Kier molecular flexibility index (Phi) is 6.27. The van der Waals surface area contributed by atoms with Gasteiger partial charge >= 0.3 is 0 Å². The number of para-hydroxylation sites is 4. The Morgan fingerprint density at radius 3 is 1.97 bits per heavy atom. The van der Waals surface area contributed by atoms with Crippen molar-refractivity contribution in [3.8, 4) is 0 Å². The molecule has 4 rings (SSSR count). The number of hydrogen-bond acceptors (Lipinski definition) is 3. The summed E-state index contributed by atoms with van der Waals surface area (Å²) in [4.78, 5) is 45.1. The second-order valence-electron chi connectivity index (χ2n) is 8.34. The fourth-order valence-electron chi connectivity index (χ4n) is 4.19. The Balaban J connectivity index is 1.77. The largest absolute Gasteiger partial charge is 0.308 e. The first-order valence-corrected chi connectivity index (χ1v) is 11.1. The van der Waals surface area contributed by atoms with Gasteiger partial charge in [-0.15, -0.1) is 0 Å². The van der Waals surface area contributed by atoms with E-state index in [2.05, 4.69) is 0 Å². The van der Waals surface area contributed by atoms with Gasteiger partial charge < -0.3 is 9.80 Å². The highest BCUT2D eigenvalue weighted by atomic mass is 16.2. The summed E-state index contributed by atoms with van der Waals surface area (Å²) in [5, 5.41) is 0. The van der Waals surface area contributed by atoms with Crippen molar-refractivity contribution >= 4 is 40.5 Å². The predicted octanol–water partition coefficient (Wildman–Crippen LogP) is 4.78. The molecule has 0 N–H and O–H groups in total. The summed E-state index contributed by atoms with van der Waals surface area (Å²) in [5.41, 5.74) is 2.56. The standard InChI is InChI=1S/C27H27N3O3/c1-19(2)29(21-12-6-4-7-13-21)25(31)18-28-23-16-10-11-17-24(23)30(22-14-8-5-9-15-22)27(33)20(3)26(28)32/h4-17,19-20H,18H2,1-3H3. The number of carbonyl (C=O) groups is 3. The first-order chi connectivity index (χ1) is 15.9.